The van der Waals surface area contributed by atoms with Crippen LogP contribution in [-0.2, 0) is 0 Å². The van der Waals surface area contributed by atoms with E-state index in [2.05, 4.69) is 28.1 Å². The minimum absolute atomic E-state index is 0.464. The van der Waals surface area contributed by atoms with Crippen LogP contribution >= 0.6 is 11.5 Å². The summed E-state index contributed by atoms with van der Waals surface area (Å²) in [7, 11) is 0. The summed E-state index contributed by atoms with van der Waals surface area (Å²) in [5.41, 5.74) is 5.56. The van der Waals surface area contributed by atoms with E-state index in [-0.39, 0.29) is 0 Å². The van der Waals surface area contributed by atoms with Gasteiger partial charge in [-0.2, -0.15) is 4.37 Å². The van der Waals surface area contributed by atoms with Crippen LogP contribution in [0.2, 0.25) is 0 Å². The highest BCUT2D eigenvalue weighted by molar-refractivity contribution is 7.09. The van der Waals surface area contributed by atoms with E-state index in [4.69, 9.17) is 5.73 Å². The molecule has 1 aromatic heterocycles. The molecular formula is C11H20N4S. The van der Waals surface area contributed by atoms with Crippen LogP contribution in [0.3, 0.4) is 0 Å². The summed E-state index contributed by atoms with van der Waals surface area (Å²) in [5.74, 6) is 1.70. The van der Waals surface area contributed by atoms with Crippen LogP contribution in [0.1, 0.15) is 44.9 Å². The first-order valence-electron chi connectivity index (χ1n) is 6.02. The zero-order valence-electron chi connectivity index (χ0n) is 10.0. The smallest absolute Gasteiger partial charge is 0.205 e. The van der Waals surface area contributed by atoms with E-state index in [9.17, 15) is 0 Å². The molecule has 90 valence electrons. The van der Waals surface area contributed by atoms with E-state index >= 15 is 0 Å². The fourth-order valence-electron chi connectivity index (χ4n) is 1.69. The van der Waals surface area contributed by atoms with Gasteiger partial charge in [-0.15, -0.1) is 0 Å². The SMILES string of the molecule is CC(C)N(CCCN)c1nc(C2CC2)ns1. The third kappa shape index (κ3) is 2.71. The molecule has 4 nitrogen and oxygen atoms in total. The van der Waals surface area contributed by atoms with Gasteiger partial charge in [0.15, 0.2) is 0 Å². The Morgan fingerprint density at radius 2 is 2.25 bits per heavy atom. The molecule has 2 N–H and O–H groups in total. The summed E-state index contributed by atoms with van der Waals surface area (Å²) < 4.78 is 4.45. The Bertz CT molecular complexity index is 332. The summed E-state index contributed by atoms with van der Waals surface area (Å²) in [5, 5.41) is 1.06. The molecular weight excluding hydrogens is 220 g/mol. The van der Waals surface area contributed by atoms with Gasteiger partial charge in [0, 0.05) is 30.0 Å². The maximum absolute atomic E-state index is 5.56. The molecule has 0 saturated heterocycles. The van der Waals surface area contributed by atoms with E-state index < -0.39 is 0 Å². The molecule has 1 heterocycles. The number of anilines is 1. The van der Waals surface area contributed by atoms with Crippen LogP contribution in [0, 0.1) is 0 Å². The van der Waals surface area contributed by atoms with Crippen LogP contribution in [0.25, 0.3) is 0 Å². The Morgan fingerprint density at radius 1 is 1.50 bits per heavy atom. The van der Waals surface area contributed by atoms with Crippen molar-refractivity contribution in [2.24, 2.45) is 5.73 Å². The Balaban J connectivity index is 2.04. The molecule has 1 saturated carbocycles. The van der Waals surface area contributed by atoms with Gasteiger partial charge in [0.1, 0.15) is 5.82 Å². The number of nitrogens with zero attached hydrogens (tertiary/aromatic N) is 3. The van der Waals surface area contributed by atoms with E-state index in [0.717, 1.165) is 30.5 Å². The number of hydrogen-bond donors (Lipinski definition) is 1. The fourth-order valence-corrected chi connectivity index (χ4v) is 2.59. The summed E-state index contributed by atoms with van der Waals surface area (Å²) in [4.78, 5) is 6.94. The standard InChI is InChI=1S/C11H20N4S/c1-8(2)15(7-3-6-12)11-13-10(14-16-11)9-4-5-9/h8-9H,3-7,12H2,1-2H3. The highest BCUT2D eigenvalue weighted by Crippen LogP contribution is 2.39. The molecule has 1 aliphatic carbocycles. The molecule has 0 atom stereocenters. The fraction of sp³-hybridized carbons (Fsp3) is 0.818. The average molecular weight is 240 g/mol. The Hall–Kier alpha value is -0.680. The number of aromatic nitrogens is 2. The summed E-state index contributed by atoms with van der Waals surface area (Å²) in [6, 6.07) is 0.464. The van der Waals surface area contributed by atoms with Crippen molar-refractivity contribution in [2.45, 2.75) is 45.1 Å². The molecule has 2 rings (SSSR count). The summed E-state index contributed by atoms with van der Waals surface area (Å²) >= 11 is 1.53. The molecule has 0 spiro atoms. The largest absolute Gasteiger partial charge is 0.344 e. The molecule has 0 amide bonds. The van der Waals surface area contributed by atoms with Crippen molar-refractivity contribution in [3.8, 4) is 0 Å². The summed E-state index contributed by atoms with van der Waals surface area (Å²) in [6.45, 7) is 6.09. The predicted molar refractivity (Wildman–Crippen MR) is 68.0 cm³/mol. The van der Waals surface area contributed by atoms with Crippen molar-refractivity contribution < 1.29 is 0 Å². The molecule has 0 unspecified atom stereocenters. The molecule has 1 fully saturated rings. The van der Waals surface area contributed by atoms with Crippen molar-refractivity contribution in [3.05, 3.63) is 5.82 Å². The van der Waals surface area contributed by atoms with Gasteiger partial charge in [-0.3, -0.25) is 0 Å². The van der Waals surface area contributed by atoms with Crippen LogP contribution in [0.4, 0.5) is 5.13 Å². The van der Waals surface area contributed by atoms with Gasteiger partial charge in [0.05, 0.1) is 0 Å². The third-order valence-electron chi connectivity index (χ3n) is 2.85. The van der Waals surface area contributed by atoms with E-state index in [1.54, 1.807) is 0 Å². The zero-order chi connectivity index (χ0) is 11.5. The van der Waals surface area contributed by atoms with Crippen molar-refractivity contribution in [2.75, 3.05) is 18.0 Å². The van der Waals surface area contributed by atoms with Crippen LogP contribution < -0.4 is 10.6 Å². The molecule has 1 aromatic rings. The highest BCUT2D eigenvalue weighted by Gasteiger charge is 2.28. The second-order valence-corrected chi connectivity index (χ2v) is 5.37. The number of rotatable bonds is 6. The lowest BCUT2D eigenvalue weighted by atomic mass is 10.3. The van der Waals surface area contributed by atoms with Gasteiger partial charge in [0.25, 0.3) is 0 Å². The lowest BCUT2D eigenvalue weighted by Crippen LogP contribution is -2.32. The molecule has 0 bridgehead atoms. The van der Waals surface area contributed by atoms with Gasteiger partial charge < -0.3 is 10.6 Å². The first kappa shape index (κ1) is 11.8. The number of nitrogens with two attached hydrogens (primary N) is 1. The Kier molecular flexibility index (Phi) is 3.76. The Labute approximate surface area is 101 Å². The van der Waals surface area contributed by atoms with E-state index in [0.29, 0.717) is 12.0 Å². The van der Waals surface area contributed by atoms with Crippen molar-refractivity contribution in [3.63, 3.8) is 0 Å². The maximum Gasteiger partial charge on any atom is 0.205 e. The van der Waals surface area contributed by atoms with Crippen molar-refractivity contribution >= 4 is 16.7 Å². The first-order chi connectivity index (χ1) is 7.72. The molecule has 1 aliphatic rings. The second kappa shape index (κ2) is 5.10. The highest BCUT2D eigenvalue weighted by atomic mass is 32.1. The van der Waals surface area contributed by atoms with E-state index in [1.807, 2.05) is 0 Å². The van der Waals surface area contributed by atoms with E-state index in [1.165, 1.54) is 24.4 Å². The first-order valence-corrected chi connectivity index (χ1v) is 6.80. The molecule has 0 aromatic carbocycles. The monoisotopic (exact) mass is 240 g/mol. The molecule has 0 aliphatic heterocycles. The van der Waals surface area contributed by atoms with Crippen molar-refractivity contribution in [1.82, 2.24) is 9.36 Å². The third-order valence-corrected chi connectivity index (χ3v) is 3.61. The number of hydrogen-bond acceptors (Lipinski definition) is 5. The Morgan fingerprint density at radius 3 is 2.81 bits per heavy atom. The lowest BCUT2D eigenvalue weighted by molar-refractivity contribution is 0.654. The van der Waals surface area contributed by atoms with Crippen LogP contribution in [0.5, 0.6) is 0 Å². The zero-order valence-corrected chi connectivity index (χ0v) is 10.8. The van der Waals surface area contributed by atoms with Gasteiger partial charge in [0.2, 0.25) is 5.13 Å². The average Bonchev–Trinajstić information content (AvgIpc) is 2.99. The van der Waals surface area contributed by atoms with Gasteiger partial charge in [-0.1, -0.05) is 0 Å². The van der Waals surface area contributed by atoms with Crippen LogP contribution in [-0.4, -0.2) is 28.5 Å². The summed E-state index contributed by atoms with van der Waals surface area (Å²) in [6.07, 6.45) is 3.54. The quantitative estimate of drug-likeness (QED) is 0.826. The molecule has 16 heavy (non-hydrogen) atoms. The second-order valence-electron chi connectivity index (χ2n) is 4.64. The lowest BCUT2D eigenvalue weighted by Gasteiger charge is -2.25. The maximum atomic E-state index is 5.56. The van der Waals surface area contributed by atoms with Gasteiger partial charge in [-0.05, 0) is 39.7 Å². The predicted octanol–water partition coefficient (Wildman–Crippen LogP) is 1.98. The molecule has 0 radical (unpaired) electrons. The van der Waals surface area contributed by atoms with Gasteiger partial charge >= 0.3 is 0 Å². The van der Waals surface area contributed by atoms with Gasteiger partial charge in [-0.25, -0.2) is 4.98 Å². The van der Waals surface area contributed by atoms with Crippen molar-refractivity contribution in [1.29, 1.82) is 0 Å². The van der Waals surface area contributed by atoms with Crippen LogP contribution in [0.15, 0.2) is 0 Å². The normalized spacial score (nSPS) is 15.8. The topological polar surface area (TPSA) is 55.0 Å². The molecule has 5 heteroatoms. The minimum Gasteiger partial charge on any atom is -0.344 e. The minimum atomic E-state index is 0.464.